The standard InChI is InChI=1S/C27H27IN2O5S/c1-6-19-22(26(32)34-5)23(17-10-8-7-9-11-17)30-25(31)21(36-27(30)29-19)14-16-12-18(28)24(35-15(2)3)20(13-16)33-4/h7-15,23H,6H2,1-5H3/b21-14+/t23-/m1/s1. The number of aromatic nitrogens is 1. The highest BCUT2D eigenvalue weighted by atomic mass is 127. The second-order valence-corrected chi connectivity index (χ2v) is 10.6. The van der Waals surface area contributed by atoms with Gasteiger partial charge in [-0.3, -0.25) is 9.36 Å². The summed E-state index contributed by atoms with van der Waals surface area (Å²) >= 11 is 3.50. The molecular weight excluding hydrogens is 591 g/mol. The van der Waals surface area contributed by atoms with E-state index < -0.39 is 12.0 Å². The molecule has 0 spiro atoms. The van der Waals surface area contributed by atoms with Crippen LogP contribution in [0, 0.1) is 3.57 Å². The predicted octanol–water partition coefficient (Wildman–Crippen LogP) is 4.20. The van der Waals surface area contributed by atoms with Gasteiger partial charge in [0.15, 0.2) is 16.3 Å². The number of fused-ring (bicyclic) bond motifs is 1. The summed E-state index contributed by atoms with van der Waals surface area (Å²) < 4.78 is 19.6. The molecule has 0 saturated heterocycles. The first-order valence-electron chi connectivity index (χ1n) is 11.5. The van der Waals surface area contributed by atoms with Gasteiger partial charge in [-0.15, -0.1) is 0 Å². The summed E-state index contributed by atoms with van der Waals surface area (Å²) in [7, 11) is 2.94. The number of thiazole rings is 1. The highest BCUT2D eigenvalue weighted by Crippen LogP contribution is 2.35. The third-order valence-electron chi connectivity index (χ3n) is 5.67. The molecule has 4 rings (SSSR count). The maximum atomic E-state index is 13.8. The molecule has 188 valence electrons. The van der Waals surface area contributed by atoms with Gasteiger partial charge >= 0.3 is 5.97 Å². The van der Waals surface area contributed by atoms with Crippen LogP contribution in [-0.4, -0.2) is 30.9 Å². The third-order valence-corrected chi connectivity index (χ3v) is 7.45. The molecule has 0 saturated carbocycles. The van der Waals surface area contributed by atoms with Crippen molar-refractivity contribution < 1.29 is 19.0 Å². The van der Waals surface area contributed by atoms with Gasteiger partial charge in [0.05, 0.1) is 45.7 Å². The van der Waals surface area contributed by atoms with Gasteiger partial charge in [0, 0.05) is 0 Å². The van der Waals surface area contributed by atoms with Crippen molar-refractivity contribution in [1.82, 2.24) is 4.57 Å². The number of rotatable bonds is 7. The molecule has 0 fully saturated rings. The van der Waals surface area contributed by atoms with Crippen molar-refractivity contribution in [3.8, 4) is 11.5 Å². The Labute approximate surface area is 226 Å². The lowest BCUT2D eigenvalue weighted by Gasteiger charge is -2.25. The minimum absolute atomic E-state index is 0.00305. The zero-order valence-electron chi connectivity index (χ0n) is 20.7. The molecule has 1 aliphatic heterocycles. The van der Waals surface area contributed by atoms with Gasteiger partial charge in [-0.25, -0.2) is 9.79 Å². The summed E-state index contributed by atoms with van der Waals surface area (Å²) in [6.45, 7) is 5.86. The average molecular weight is 618 g/mol. The maximum Gasteiger partial charge on any atom is 0.338 e. The van der Waals surface area contributed by atoms with E-state index in [1.807, 2.05) is 69.3 Å². The molecule has 0 radical (unpaired) electrons. The van der Waals surface area contributed by atoms with Crippen LogP contribution < -0.4 is 24.4 Å². The van der Waals surface area contributed by atoms with E-state index in [1.54, 1.807) is 11.7 Å². The topological polar surface area (TPSA) is 79.1 Å². The highest BCUT2D eigenvalue weighted by molar-refractivity contribution is 14.1. The molecule has 1 aliphatic rings. The highest BCUT2D eigenvalue weighted by Gasteiger charge is 2.33. The number of methoxy groups -OCH3 is 2. The van der Waals surface area contributed by atoms with Crippen LogP contribution in [0.15, 0.2) is 63.5 Å². The zero-order valence-corrected chi connectivity index (χ0v) is 23.7. The van der Waals surface area contributed by atoms with Gasteiger partial charge in [-0.2, -0.15) is 0 Å². The van der Waals surface area contributed by atoms with Crippen LogP contribution >= 0.6 is 33.9 Å². The first-order chi connectivity index (χ1) is 17.3. The number of nitrogens with zero attached hydrogens (tertiary/aromatic N) is 2. The van der Waals surface area contributed by atoms with E-state index in [2.05, 4.69) is 22.6 Å². The molecule has 0 amide bonds. The van der Waals surface area contributed by atoms with E-state index >= 15 is 0 Å². The van der Waals surface area contributed by atoms with Crippen LogP contribution in [-0.2, 0) is 9.53 Å². The van der Waals surface area contributed by atoms with Crippen molar-refractivity contribution in [2.24, 2.45) is 4.99 Å². The number of halogens is 1. The molecule has 3 aromatic rings. The quantitative estimate of drug-likeness (QED) is 0.293. The maximum absolute atomic E-state index is 13.8. The van der Waals surface area contributed by atoms with Crippen LogP contribution in [0.2, 0.25) is 0 Å². The van der Waals surface area contributed by atoms with E-state index in [0.717, 1.165) is 14.7 Å². The molecule has 2 heterocycles. The Morgan fingerprint density at radius 2 is 1.94 bits per heavy atom. The molecule has 1 atom stereocenters. The van der Waals surface area contributed by atoms with E-state index in [1.165, 1.54) is 18.4 Å². The van der Waals surface area contributed by atoms with Crippen molar-refractivity contribution in [3.63, 3.8) is 0 Å². The van der Waals surface area contributed by atoms with E-state index in [4.69, 9.17) is 19.2 Å². The Bertz CT molecular complexity index is 1510. The number of esters is 1. The number of carbonyl (C=O) groups excluding carboxylic acids is 1. The molecule has 0 N–H and O–H groups in total. The Balaban J connectivity index is 1.93. The largest absolute Gasteiger partial charge is 0.493 e. The fourth-order valence-electron chi connectivity index (χ4n) is 4.14. The van der Waals surface area contributed by atoms with Gasteiger partial charge in [0.1, 0.15) is 0 Å². The monoisotopic (exact) mass is 618 g/mol. The minimum atomic E-state index is -0.622. The molecule has 7 nitrogen and oxygen atoms in total. The predicted molar refractivity (Wildman–Crippen MR) is 148 cm³/mol. The SMILES string of the molecule is CCC1=C(C(=O)OC)[C@@H](c2ccccc2)n2c(s/c(=C/c3cc(I)c(OC(C)C)c(OC)c3)c2=O)=N1. The molecule has 1 aromatic heterocycles. The number of ether oxygens (including phenoxy) is 3. The Morgan fingerprint density at radius 3 is 2.56 bits per heavy atom. The lowest BCUT2D eigenvalue weighted by atomic mass is 9.95. The normalized spacial score (nSPS) is 15.5. The lowest BCUT2D eigenvalue weighted by Crippen LogP contribution is -2.40. The van der Waals surface area contributed by atoms with Crippen molar-refractivity contribution in [3.05, 3.63) is 88.1 Å². The number of hydrogen-bond donors (Lipinski definition) is 0. The van der Waals surface area contributed by atoms with Crippen LogP contribution in [0.5, 0.6) is 11.5 Å². The van der Waals surface area contributed by atoms with Gasteiger partial charge in [-0.05, 0) is 72.2 Å². The first kappa shape index (κ1) is 26.2. The minimum Gasteiger partial charge on any atom is -0.493 e. The molecule has 2 aromatic carbocycles. The van der Waals surface area contributed by atoms with Crippen molar-refractivity contribution in [1.29, 1.82) is 0 Å². The number of allylic oxidation sites excluding steroid dienone is 1. The third kappa shape index (κ3) is 4.99. The van der Waals surface area contributed by atoms with Crippen LogP contribution in [0.1, 0.15) is 44.4 Å². The summed E-state index contributed by atoms with van der Waals surface area (Å²) in [4.78, 5) is 31.9. The van der Waals surface area contributed by atoms with E-state index in [-0.39, 0.29) is 11.7 Å². The van der Waals surface area contributed by atoms with Crippen molar-refractivity contribution >= 4 is 46.0 Å². The summed E-state index contributed by atoms with van der Waals surface area (Å²) in [5, 5.41) is 0. The Morgan fingerprint density at radius 1 is 1.22 bits per heavy atom. The first-order valence-corrected chi connectivity index (χ1v) is 13.4. The zero-order chi connectivity index (χ0) is 26.0. The summed E-state index contributed by atoms with van der Waals surface area (Å²) in [5.41, 5.74) is 2.40. The molecule has 9 heteroatoms. The molecular formula is C27H27IN2O5S. The Kier molecular flexibility index (Phi) is 7.99. The van der Waals surface area contributed by atoms with Crippen molar-refractivity contribution in [2.45, 2.75) is 39.3 Å². The summed E-state index contributed by atoms with van der Waals surface area (Å²) in [5.74, 6) is 0.780. The summed E-state index contributed by atoms with van der Waals surface area (Å²) in [6, 6.07) is 12.7. The smallest absolute Gasteiger partial charge is 0.338 e. The van der Waals surface area contributed by atoms with Gasteiger partial charge < -0.3 is 14.2 Å². The number of carbonyl (C=O) groups is 1. The van der Waals surface area contributed by atoms with Gasteiger partial charge in [0.25, 0.3) is 5.56 Å². The van der Waals surface area contributed by atoms with Crippen LogP contribution in [0.4, 0.5) is 0 Å². The lowest BCUT2D eigenvalue weighted by molar-refractivity contribution is -0.136. The van der Waals surface area contributed by atoms with Crippen LogP contribution in [0.3, 0.4) is 0 Å². The molecule has 0 aliphatic carbocycles. The second-order valence-electron chi connectivity index (χ2n) is 8.40. The van der Waals surface area contributed by atoms with Gasteiger partial charge in [-0.1, -0.05) is 48.6 Å². The Hall–Kier alpha value is -2.92. The number of benzene rings is 2. The average Bonchev–Trinajstić information content (AvgIpc) is 3.18. The second kappa shape index (κ2) is 11.0. The number of hydrogen-bond acceptors (Lipinski definition) is 7. The fourth-order valence-corrected chi connectivity index (χ4v) is 5.91. The van der Waals surface area contributed by atoms with E-state index in [9.17, 15) is 9.59 Å². The fraction of sp³-hybridized carbons (Fsp3) is 0.296. The molecule has 36 heavy (non-hydrogen) atoms. The van der Waals surface area contributed by atoms with Crippen molar-refractivity contribution in [2.75, 3.05) is 14.2 Å². The van der Waals surface area contributed by atoms with Crippen LogP contribution in [0.25, 0.3) is 6.08 Å². The van der Waals surface area contributed by atoms with Gasteiger partial charge in [0.2, 0.25) is 0 Å². The molecule has 0 unspecified atom stereocenters. The summed E-state index contributed by atoms with van der Waals surface area (Å²) in [6.07, 6.45) is 2.35. The molecule has 0 bridgehead atoms. The van der Waals surface area contributed by atoms with E-state index in [0.29, 0.717) is 38.5 Å².